The minimum absolute atomic E-state index is 0.267. The molecule has 2 heterocycles. The summed E-state index contributed by atoms with van der Waals surface area (Å²) in [6.07, 6.45) is -1.76. The molecule has 90 valence electrons. The van der Waals surface area contributed by atoms with E-state index in [1.54, 1.807) is 12.1 Å². The van der Waals surface area contributed by atoms with Crippen LogP contribution < -0.4 is 0 Å². The summed E-state index contributed by atoms with van der Waals surface area (Å²) in [7, 11) is 0. The van der Waals surface area contributed by atoms with E-state index >= 15 is 0 Å². The third-order valence-electron chi connectivity index (χ3n) is 2.08. The van der Waals surface area contributed by atoms with Crippen LogP contribution in [-0.4, -0.2) is 14.8 Å². The number of aromatic nitrogens is 3. The molecule has 0 N–H and O–H groups in total. The Balaban J connectivity index is 2.37. The summed E-state index contributed by atoms with van der Waals surface area (Å²) in [6.45, 7) is 0. The van der Waals surface area contributed by atoms with Crippen LogP contribution in [0.4, 0.5) is 13.2 Å². The van der Waals surface area contributed by atoms with Crippen LogP contribution in [0, 0.1) is 0 Å². The van der Waals surface area contributed by atoms with Crippen LogP contribution in [0.1, 0.15) is 11.3 Å². The van der Waals surface area contributed by atoms with Crippen LogP contribution in [0.3, 0.4) is 0 Å². The van der Waals surface area contributed by atoms with Crippen LogP contribution in [0.25, 0.3) is 5.82 Å². The summed E-state index contributed by atoms with van der Waals surface area (Å²) in [6, 6.07) is 4.17. The average molecular weight is 262 g/mol. The number of alkyl halides is 4. The van der Waals surface area contributed by atoms with Gasteiger partial charge in [-0.05, 0) is 23.8 Å². The van der Waals surface area contributed by atoms with Crippen molar-refractivity contribution in [2.75, 3.05) is 0 Å². The molecule has 0 fully saturated rings. The van der Waals surface area contributed by atoms with E-state index in [4.69, 9.17) is 11.6 Å². The molecule has 0 saturated carbocycles. The van der Waals surface area contributed by atoms with Gasteiger partial charge in [-0.25, -0.2) is 9.67 Å². The molecule has 0 bridgehead atoms. The van der Waals surface area contributed by atoms with E-state index in [1.165, 1.54) is 12.4 Å². The molecule has 2 rings (SSSR count). The van der Waals surface area contributed by atoms with Gasteiger partial charge in [0.25, 0.3) is 0 Å². The fourth-order valence-electron chi connectivity index (χ4n) is 1.27. The molecule has 2 aromatic heterocycles. The molecule has 0 aliphatic carbocycles. The Morgan fingerprint density at radius 2 is 2.06 bits per heavy atom. The molecule has 0 unspecified atom stereocenters. The third kappa shape index (κ3) is 2.58. The van der Waals surface area contributed by atoms with Crippen LogP contribution >= 0.6 is 11.6 Å². The van der Waals surface area contributed by atoms with Crippen molar-refractivity contribution in [3.05, 3.63) is 41.9 Å². The normalized spacial score (nSPS) is 11.8. The second-order valence-corrected chi connectivity index (χ2v) is 3.57. The highest BCUT2D eigenvalue weighted by atomic mass is 35.5. The highest BCUT2D eigenvalue weighted by Crippen LogP contribution is 2.27. The molecule has 0 aliphatic heterocycles. The zero-order valence-electron chi connectivity index (χ0n) is 8.45. The summed E-state index contributed by atoms with van der Waals surface area (Å²) in [5.74, 6) is 0.571. The fraction of sp³-hybridized carbons (Fsp3) is 0.200. The van der Waals surface area contributed by atoms with Gasteiger partial charge in [0.15, 0.2) is 11.5 Å². The van der Waals surface area contributed by atoms with E-state index in [2.05, 4.69) is 10.1 Å². The van der Waals surface area contributed by atoms with E-state index in [9.17, 15) is 13.2 Å². The number of nitrogens with zero attached hydrogens (tertiary/aromatic N) is 3. The van der Waals surface area contributed by atoms with E-state index in [0.29, 0.717) is 5.82 Å². The van der Waals surface area contributed by atoms with Gasteiger partial charge in [0.1, 0.15) is 0 Å². The lowest BCUT2D eigenvalue weighted by Crippen LogP contribution is -2.07. The predicted molar refractivity (Wildman–Crippen MR) is 55.9 cm³/mol. The molecule has 0 radical (unpaired) electrons. The topological polar surface area (TPSA) is 30.7 Å². The van der Waals surface area contributed by atoms with Crippen molar-refractivity contribution in [3.63, 3.8) is 0 Å². The molecule has 2 aromatic rings. The standard InChI is InChI=1S/C10H7ClF3N3/c11-6-7-1-3-15-9(5-7)17-4-2-8(16-17)10(12,13)14/h1-5H,6H2. The number of pyridine rings is 1. The molecular formula is C10H7ClF3N3. The minimum atomic E-state index is -4.45. The molecule has 0 spiro atoms. The molecule has 0 amide bonds. The second kappa shape index (κ2) is 4.37. The van der Waals surface area contributed by atoms with Crippen molar-refractivity contribution in [2.24, 2.45) is 0 Å². The largest absolute Gasteiger partial charge is 0.435 e. The summed E-state index contributed by atoms with van der Waals surface area (Å²) in [5.41, 5.74) is -0.184. The summed E-state index contributed by atoms with van der Waals surface area (Å²) >= 11 is 5.63. The third-order valence-corrected chi connectivity index (χ3v) is 2.39. The van der Waals surface area contributed by atoms with Crippen LogP contribution in [0.15, 0.2) is 30.6 Å². The van der Waals surface area contributed by atoms with Crippen molar-refractivity contribution in [3.8, 4) is 5.82 Å². The smallest absolute Gasteiger partial charge is 0.237 e. The Bertz CT molecular complexity index is 522. The molecule has 3 nitrogen and oxygen atoms in total. The van der Waals surface area contributed by atoms with E-state index in [-0.39, 0.29) is 5.88 Å². The molecule has 7 heteroatoms. The maximum absolute atomic E-state index is 12.3. The first kappa shape index (κ1) is 11.9. The molecule has 0 atom stereocenters. The van der Waals surface area contributed by atoms with Gasteiger partial charge in [0.2, 0.25) is 0 Å². The summed E-state index contributed by atoms with van der Waals surface area (Å²) < 4.78 is 38.1. The Morgan fingerprint density at radius 1 is 1.29 bits per heavy atom. The van der Waals surface area contributed by atoms with Gasteiger partial charge in [0.05, 0.1) is 0 Å². The minimum Gasteiger partial charge on any atom is -0.237 e. The van der Waals surface area contributed by atoms with Crippen LogP contribution in [0.2, 0.25) is 0 Å². The van der Waals surface area contributed by atoms with Gasteiger partial charge in [-0.1, -0.05) is 0 Å². The average Bonchev–Trinajstić information content (AvgIpc) is 2.78. The second-order valence-electron chi connectivity index (χ2n) is 3.30. The lowest BCUT2D eigenvalue weighted by atomic mass is 10.3. The van der Waals surface area contributed by atoms with Crippen molar-refractivity contribution < 1.29 is 13.2 Å². The SMILES string of the molecule is FC(F)(F)c1ccn(-c2cc(CCl)ccn2)n1. The first-order valence-corrected chi connectivity index (χ1v) is 5.18. The van der Waals surface area contributed by atoms with Crippen molar-refractivity contribution >= 4 is 11.6 Å². The number of hydrogen-bond acceptors (Lipinski definition) is 2. The highest BCUT2D eigenvalue weighted by molar-refractivity contribution is 6.17. The van der Waals surface area contributed by atoms with Gasteiger partial charge in [-0.2, -0.15) is 18.3 Å². The van der Waals surface area contributed by atoms with E-state index in [1.807, 2.05) is 0 Å². The molecule has 17 heavy (non-hydrogen) atoms. The monoisotopic (exact) mass is 261 g/mol. The van der Waals surface area contributed by atoms with Crippen molar-refractivity contribution in [1.82, 2.24) is 14.8 Å². The Morgan fingerprint density at radius 3 is 2.65 bits per heavy atom. The summed E-state index contributed by atoms with van der Waals surface area (Å²) in [5, 5.41) is 3.41. The fourth-order valence-corrected chi connectivity index (χ4v) is 1.44. The lowest BCUT2D eigenvalue weighted by Gasteiger charge is -2.03. The maximum Gasteiger partial charge on any atom is 0.435 e. The van der Waals surface area contributed by atoms with Crippen LogP contribution in [-0.2, 0) is 12.1 Å². The Labute approximate surface area is 99.8 Å². The first-order chi connectivity index (χ1) is 8.00. The predicted octanol–water partition coefficient (Wildman–Crippen LogP) is 3.02. The molecule has 0 aromatic carbocycles. The number of rotatable bonds is 2. The molecular weight excluding hydrogens is 255 g/mol. The molecule has 0 aliphatic rings. The number of hydrogen-bond donors (Lipinski definition) is 0. The lowest BCUT2D eigenvalue weighted by molar-refractivity contribution is -0.141. The zero-order valence-corrected chi connectivity index (χ0v) is 9.20. The highest BCUT2D eigenvalue weighted by Gasteiger charge is 2.33. The Kier molecular flexibility index (Phi) is 3.06. The van der Waals surface area contributed by atoms with E-state index < -0.39 is 11.9 Å². The van der Waals surface area contributed by atoms with Crippen LogP contribution in [0.5, 0.6) is 0 Å². The van der Waals surface area contributed by atoms with Gasteiger partial charge >= 0.3 is 6.18 Å². The maximum atomic E-state index is 12.3. The van der Waals surface area contributed by atoms with Gasteiger partial charge in [-0.15, -0.1) is 11.6 Å². The van der Waals surface area contributed by atoms with Gasteiger partial charge < -0.3 is 0 Å². The Hall–Kier alpha value is -1.56. The van der Waals surface area contributed by atoms with E-state index in [0.717, 1.165) is 16.3 Å². The van der Waals surface area contributed by atoms with Crippen molar-refractivity contribution in [1.29, 1.82) is 0 Å². The number of halogens is 4. The first-order valence-electron chi connectivity index (χ1n) is 4.65. The van der Waals surface area contributed by atoms with Gasteiger partial charge in [-0.3, -0.25) is 0 Å². The summed E-state index contributed by atoms with van der Waals surface area (Å²) in [4.78, 5) is 3.93. The molecule has 0 saturated heterocycles. The quantitative estimate of drug-likeness (QED) is 0.778. The zero-order chi connectivity index (χ0) is 12.5. The van der Waals surface area contributed by atoms with Gasteiger partial charge in [0, 0.05) is 18.3 Å². The van der Waals surface area contributed by atoms with Crippen molar-refractivity contribution in [2.45, 2.75) is 12.1 Å².